The van der Waals surface area contributed by atoms with E-state index in [9.17, 15) is 5.11 Å². The Morgan fingerprint density at radius 3 is 2.53 bits per heavy atom. The highest BCUT2D eigenvalue weighted by molar-refractivity contribution is 6.31. The molecule has 2 rings (SSSR count). The molecule has 0 saturated heterocycles. The summed E-state index contributed by atoms with van der Waals surface area (Å²) in [4.78, 5) is 3.95. The molecular weight excluding hydrogens is 281 g/mol. The van der Waals surface area contributed by atoms with Gasteiger partial charge >= 0.3 is 0 Å². The summed E-state index contributed by atoms with van der Waals surface area (Å²) in [7, 11) is 0. The molecule has 0 bridgehead atoms. The molecule has 1 N–H and O–H groups in total. The fourth-order valence-corrected chi connectivity index (χ4v) is 2.60. The Balaban J connectivity index is 2.33. The van der Waals surface area contributed by atoms with Gasteiger partial charge in [0.05, 0.1) is 10.6 Å². The molecule has 0 aliphatic rings. The Hall–Kier alpha value is -1.09. The van der Waals surface area contributed by atoms with Gasteiger partial charge in [0, 0.05) is 24.7 Å². The van der Waals surface area contributed by atoms with Crippen molar-refractivity contribution in [1.29, 1.82) is 0 Å². The van der Waals surface area contributed by atoms with E-state index >= 15 is 0 Å². The molecule has 0 amide bonds. The summed E-state index contributed by atoms with van der Waals surface area (Å²) >= 11 is 11.9. The van der Waals surface area contributed by atoms with E-state index in [1.54, 1.807) is 12.4 Å². The number of aromatic nitrogens is 1. The number of alkyl halides is 1. The van der Waals surface area contributed by atoms with Crippen molar-refractivity contribution in [2.75, 3.05) is 5.88 Å². The van der Waals surface area contributed by atoms with Crippen LogP contribution in [0, 0.1) is 0 Å². The first-order chi connectivity index (χ1) is 9.15. The zero-order valence-corrected chi connectivity index (χ0v) is 11.9. The van der Waals surface area contributed by atoms with Crippen molar-refractivity contribution < 1.29 is 5.11 Å². The molecular formula is C15H15Cl2NO. The highest BCUT2D eigenvalue weighted by atomic mass is 35.5. The lowest BCUT2D eigenvalue weighted by Gasteiger charge is -2.28. The van der Waals surface area contributed by atoms with Crippen molar-refractivity contribution in [3.63, 3.8) is 0 Å². The van der Waals surface area contributed by atoms with E-state index in [-0.39, 0.29) is 0 Å². The van der Waals surface area contributed by atoms with Gasteiger partial charge in [-0.15, -0.1) is 11.6 Å². The monoisotopic (exact) mass is 295 g/mol. The van der Waals surface area contributed by atoms with Crippen LogP contribution in [0.3, 0.4) is 0 Å². The molecule has 2 aromatic rings. The van der Waals surface area contributed by atoms with E-state index in [4.69, 9.17) is 23.2 Å². The molecule has 19 heavy (non-hydrogen) atoms. The van der Waals surface area contributed by atoms with Gasteiger partial charge in [-0.3, -0.25) is 4.98 Å². The molecule has 0 fully saturated rings. The molecule has 2 nitrogen and oxygen atoms in total. The smallest absolute Gasteiger partial charge is 0.0948 e. The number of hydrogen-bond acceptors (Lipinski definition) is 2. The third-order valence-corrected chi connectivity index (χ3v) is 3.69. The van der Waals surface area contributed by atoms with Crippen LogP contribution in [0.15, 0.2) is 48.8 Å². The number of pyridine rings is 1. The van der Waals surface area contributed by atoms with Gasteiger partial charge in [-0.25, -0.2) is 0 Å². The minimum Gasteiger partial charge on any atom is -0.385 e. The topological polar surface area (TPSA) is 33.1 Å². The number of halogens is 2. The predicted molar refractivity (Wildman–Crippen MR) is 78.6 cm³/mol. The Morgan fingerprint density at radius 2 is 1.89 bits per heavy atom. The zero-order chi connectivity index (χ0) is 13.7. The third kappa shape index (κ3) is 3.47. The van der Waals surface area contributed by atoms with Gasteiger partial charge in [-0.05, 0) is 23.6 Å². The van der Waals surface area contributed by atoms with Crippen LogP contribution in [0.2, 0.25) is 5.02 Å². The molecule has 1 unspecified atom stereocenters. The maximum absolute atomic E-state index is 10.9. The van der Waals surface area contributed by atoms with Gasteiger partial charge < -0.3 is 5.11 Å². The second-order valence-corrected chi connectivity index (χ2v) is 5.27. The first kappa shape index (κ1) is 14.3. The van der Waals surface area contributed by atoms with Crippen LogP contribution in [0.4, 0.5) is 0 Å². The predicted octanol–water partition coefficient (Wildman–Crippen LogP) is 3.79. The van der Waals surface area contributed by atoms with E-state index in [1.165, 1.54) is 0 Å². The number of hydrogen-bond donors (Lipinski definition) is 1. The van der Waals surface area contributed by atoms with Gasteiger partial charge in [0.15, 0.2) is 0 Å². The minimum absolute atomic E-state index is 0.383. The second-order valence-electron chi connectivity index (χ2n) is 4.48. The van der Waals surface area contributed by atoms with Crippen molar-refractivity contribution in [2.45, 2.75) is 18.4 Å². The Bertz CT molecular complexity index is 533. The highest BCUT2D eigenvalue weighted by Gasteiger charge is 2.29. The van der Waals surface area contributed by atoms with Crippen LogP contribution >= 0.6 is 23.2 Å². The maximum atomic E-state index is 10.9. The van der Waals surface area contributed by atoms with Crippen molar-refractivity contribution in [3.05, 3.63) is 64.9 Å². The molecule has 100 valence electrons. The van der Waals surface area contributed by atoms with E-state index in [1.807, 2.05) is 36.4 Å². The van der Waals surface area contributed by atoms with Crippen molar-refractivity contribution >= 4 is 23.2 Å². The fourth-order valence-electron chi connectivity index (χ4n) is 2.10. The fraction of sp³-hybridized carbons (Fsp3) is 0.267. The van der Waals surface area contributed by atoms with Crippen LogP contribution in [0.25, 0.3) is 0 Å². The number of aliphatic hydroxyl groups is 1. The average Bonchev–Trinajstić information content (AvgIpc) is 2.43. The quantitative estimate of drug-likeness (QED) is 0.851. The Labute approximate surface area is 123 Å². The van der Waals surface area contributed by atoms with Gasteiger partial charge in [0.2, 0.25) is 0 Å². The third-order valence-electron chi connectivity index (χ3n) is 3.16. The minimum atomic E-state index is -1.01. The van der Waals surface area contributed by atoms with Gasteiger partial charge in [0.1, 0.15) is 0 Å². The standard InChI is InChI=1S/C15H15Cl2NO/c16-8-7-15(19,13-4-2-1-3-5-13)10-12-6-9-18-11-14(12)17/h1-6,9,11,19H,7-8,10H2. The summed E-state index contributed by atoms with van der Waals surface area (Å²) in [5.41, 5.74) is 0.713. The molecule has 0 aliphatic carbocycles. The highest BCUT2D eigenvalue weighted by Crippen LogP contribution is 2.31. The summed E-state index contributed by atoms with van der Waals surface area (Å²) in [5, 5.41) is 11.5. The number of rotatable bonds is 5. The lowest BCUT2D eigenvalue weighted by molar-refractivity contribution is 0.0336. The summed E-state index contributed by atoms with van der Waals surface area (Å²) in [6, 6.07) is 11.4. The van der Waals surface area contributed by atoms with Crippen LogP contribution in [0.1, 0.15) is 17.5 Å². The second kappa shape index (κ2) is 6.38. The molecule has 4 heteroatoms. The summed E-state index contributed by atoms with van der Waals surface area (Å²) in [5.74, 6) is 0.383. The molecule has 0 aliphatic heterocycles. The number of benzene rings is 1. The molecule has 1 aromatic carbocycles. The van der Waals surface area contributed by atoms with Crippen molar-refractivity contribution in [1.82, 2.24) is 4.98 Å². The SMILES string of the molecule is OC(CCCl)(Cc1ccncc1Cl)c1ccccc1. The molecule has 1 heterocycles. The molecule has 1 atom stereocenters. The van der Waals surface area contributed by atoms with E-state index in [0.29, 0.717) is 23.7 Å². The van der Waals surface area contributed by atoms with Crippen LogP contribution < -0.4 is 0 Å². The largest absolute Gasteiger partial charge is 0.385 e. The normalized spacial score (nSPS) is 14.1. The Morgan fingerprint density at radius 1 is 1.16 bits per heavy atom. The molecule has 0 saturated carbocycles. The van der Waals surface area contributed by atoms with E-state index in [2.05, 4.69) is 4.98 Å². The zero-order valence-electron chi connectivity index (χ0n) is 10.4. The van der Waals surface area contributed by atoms with Gasteiger partial charge in [-0.1, -0.05) is 41.9 Å². The lowest BCUT2D eigenvalue weighted by atomic mass is 9.85. The molecule has 0 radical (unpaired) electrons. The summed E-state index contributed by atoms with van der Waals surface area (Å²) in [6.07, 6.45) is 4.15. The number of nitrogens with zero attached hydrogens (tertiary/aromatic N) is 1. The van der Waals surface area contributed by atoms with E-state index < -0.39 is 5.60 Å². The van der Waals surface area contributed by atoms with Crippen molar-refractivity contribution in [2.24, 2.45) is 0 Å². The van der Waals surface area contributed by atoms with E-state index in [0.717, 1.165) is 11.1 Å². The first-order valence-electron chi connectivity index (χ1n) is 6.08. The molecule has 1 aromatic heterocycles. The Kier molecular flexibility index (Phi) is 4.81. The molecule has 0 spiro atoms. The summed E-state index contributed by atoms with van der Waals surface area (Å²) in [6.45, 7) is 0. The van der Waals surface area contributed by atoms with Crippen molar-refractivity contribution in [3.8, 4) is 0 Å². The summed E-state index contributed by atoms with van der Waals surface area (Å²) < 4.78 is 0. The van der Waals surface area contributed by atoms with Crippen LogP contribution in [-0.4, -0.2) is 16.0 Å². The average molecular weight is 296 g/mol. The van der Waals surface area contributed by atoms with Gasteiger partial charge in [0.25, 0.3) is 0 Å². The van der Waals surface area contributed by atoms with Gasteiger partial charge in [-0.2, -0.15) is 0 Å². The lowest BCUT2D eigenvalue weighted by Crippen LogP contribution is -2.29. The first-order valence-corrected chi connectivity index (χ1v) is 6.99. The maximum Gasteiger partial charge on any atom is 0.0948 e. The van der Waals surface area contributed by atoms with Crippen LogP contribution in [-0.2, 0) is 12.0 Å². The van der Waals surface area contributed by atoms with Crippen LogP contribution in [0.5, 0.6) is 0 Å².